The summed E-state index contributed by atoms with van der Waals surface area (Å²) < 4.78 is 73.7. The van der Waals surface area contributed by atoms with Gasteiger partial charge in [0.25, 0.3) is 0 Å². The molecule has 0 radical (unpaired) electrons. The molecule has 0 spiro atoms. The molecule has 2 N–H and O–H groups in total. The Morgan fingerprint density at radius 2 is 2.00 bits per heavy atom. The van der Waals surface area contributed by atoms with Gasteiger partial charge in [-0.05, 0) is 56.9 Å². The van der Waals surface area contributed by atoms with Crippen LogP contribution in [0.25, 0.3) is 44.2 Å². The maximum Gasteiger partial charge on any atom is 0.417 e. The van der Waals surface area contributed by atoms with E-state index in [0.717, 1.165) is 19.4 Å². The molecule has 3 aliphatic rings. The second-order valence-electron chi connectivity index (χ2n) is 14.3. The summed E-state index contributed by atoms with van der Waals surface area (Å²) in [4.78, 5) is 13.8. The van der Waals surface area contributed by atoms with E-state index in [2.05, 4.69) is 20.2 Å². The van der Waals surface area contributed by atoms with E-state index in [1.54, 1.807) is 25.6 Å². The van der Waals surface area contributed by atoms with Crippen molar-refractivity contribution in [1.29, 1.82) is 5.26 Å². The number of benzene rings is 1. The molecule has 2 atom stereocenters. The van der Waals surface area contributed by atoms with E-state index in [9.17, 15) is 27.9 Å². The largest absolute Gasteiger partial charge is 0.461 e. The smallest absolute Gasteiger partial charge is 0.417 e. The molecule has 1 aromatic carbocycles. The van der Waals surface area contributed by atoms with Gasteiger partial charge in [-0.25, -0.2) is 4.39 Å². The van der Waals surface area contributed by atoms with E-state index in [1.807, 2.05) is 11.0 Å². The third kappa shape index (κ3) is 5.22. The van der Waals surface area contributed by atoms with Gasteiger partial charge in [-0.2, -0.15) is 38.6 Å². The van der Waals surface area contributed by atoms with E-state index < -0.39 is 22.9 Å². The molecule has 0 saturated carbocycles. The van der Waals surface area contributed by atoms with Crippen LogP contribution < -0.4 is 9.64 Å². The molecule has 7 heterocycles. The minimum absolute atomic E-state index is 0.00959. The fraction of sp³-hybridized carbons (Fsp3) is 0.500. The molecule has 3 aliphatic heterocycles. The van der Waals surface area contributed by atoms with E-state index in [-0.39, 0.29) is 65.8 Å². The van der Waals surface area contributed by atoms with Crippen LogP contribution in [0.4, 0.5) is 23.4 Å². The number of hydrogen-bond acceptors (Lipinski definition) is 10. The predicted molar refractivity (Wildman–Crippen MR) is 179 cm³/mol. The first kappa shape index (κ1) is 33.4. The number of aryl methyl sites for hydroxylation is 3. The standard InChI is InChI=1S/C34H36F4N10O3/c1-18-10-20-22(21(13-39)43-42-20)23(25(18)34(36,37)38)26-28-27(46(4)44-26)24-29(45(28)3)40-31(41-30(24)47-8-9-50-16-32(2,49)15-47)51-17-33-6-5-7-48(33)14-19(11-33)12-35/h10,12,49H,5-9,11,14-17H2,1-4H3,(H,42,43)/b19-12-/t32-,33-/m0/s1. The summed E-state index contributed by atoms with van der Waals surface area (Å²) >= 11 is 0. The normalized spacial score (nSPS) is 23.9. The first-order valence-electron chi connectivity index (χ1n) is 16.7. The number of aliphatic hydroxyl groups is 1. The van der Waals surface area contributed by atoms with Crippen LogP contribution >= 0.6 is 0 Å². The number of rotatable bonds is 5. The number of H-pyrrole nitrogens is 1. The molecule has 51 heavy (non-hydrogen) atoms. The van der Waals surface area contributed by atoms with Gasteiger partial charge >= 0.3 is 12.2 Å². The Balaban J connectivity index is 1.38. The topological polar surface area (TPSA) is 146 Å². The van der Waals surface area contributed by atoms with Crippen LogP contribution in [0.3, 0.4) is 0 Å². The third-order valence-corrected chi connectivity index (χ3v) is 10.5. The molecule has 8 rings (SSSR count). The average Bonchev–Trinajstić information content (AvgIpc) is 3.85. The van der Waals surface area contributed by atoms with E-state index in [0.29, 0.717) is 59.3 Å². The van der Waals surface area contributed by atoms with Crippen molar-refractivity contribution in [2.45, 2.75) is 50.4 Å². The highest BCUT2D eigenvalue weighted by atomic mass is 19.4. The predicted octanol–water partition coefficient (Wildman–Crippen LogP) is 4.66. The number of aromatic nitrogens is 7. The Morgan fingerprint density at radius 1 is 1.20 bits per heavy atom. The van der Waals surface area contributed by atoms with Crippen molar-refractivity contribution in [3.8, 4) is 23.3 Å². The number of hydrogen-bond donors (Lipinski definition) is 2. The molecule has 17 heteroatoms. The zero-order valence-electron chi connectivity index (χ0n) is 28.5. The second-order valence-corrected chi connectivity index (χ2v) is 14.3. The van der Waals surface area contributed by atoms with Crippen LogP contribution in [-0.4, -0.2) is 102 Å². The van der Waals surface area contributed by atoms with Crippen molar-refractivity contribution >= 4 is 38.8 Å². The molecule has 0 unspecified atom stereocenters. The van der Waals surface area contributed by atoms with Crippen LogP contribution in [0.5, 0.6) is 6.01 Å². The summed E-state index contributed by atoms with van der Waals surface area (Å²) in [5.74, 6) is 0.393. The monoisotopic (exact) mass is 708 g/mol. The molecule has 0 aliphatic carbocycles. The molecular formula is C34H36F4N10O3. The Labute approximate surface area is 289 Å². The van der Waals surface area contributed by atoms with Crippen LogP contribution in [0.2, 0.25) is 0 Å². The van der Waals surface area contributed by atoms with Crippen LogP contribution in [0.15, 0.2) is 18.0 Å². The molecule has 268 valence electrons. The van der Waals surface area contributed by atoms with Gasteiger partial charge in [0.15, 0.2) is 11.3 Å². The molecular weight excluding hydrogens is 672 g/mol. The van der Waals surface area contributed by atoms with Crippen molar-refractivity contribution in [1.82, 2.24) is 39.4 Å². The number of nitriles is 1. The number of aromatic amines is 1. The highest BCUT2D eigenvalue weighted by Gasteiger charge is 2.47. The van der Waals surface area contributed by atoms with Crippen molar-refractivity contribution in [3.63, 3.8) is 0 Å². The summed E-state index contributed by atoms with van der Waals surface area (Å²) in [6, 6.07) is 3.30. The molecule has 0 amide bonds. The van der Waals surface area contributed by atoms with E-state index >= 15 is 0 Å². The molecule has 5 aromatic rings. The summed E-state index contributed by atoms with van der Waals surface area (Å²) in [6.07, 6.45) is -1.82. The third-order valence-electron chi connectivity index (χ3n) is 10.5. The molecule has 13 nitrogen and oxygen atoms in total. The van der Waals surface area contributed by atoms with Crippen molar-refractivity contribution < 1.29 is 32.1 Å². The molecule has 4 aromatic heterocycles. The highest BCUT2D eigenvalue weighted by molar-refractivity contribution is 6.16. The minimum Gasteiger partial charge on any atom is -0.461 e. The summed E-state index contributed by atoms with van der Waals surface area (Å²) in [5, 5.41) is 33.0. The quantitative estimate of drug-likeness (QED) is 0.248. The van der Waals surface area contributed by atoms with Gasteiger partial charge in [0, 0.05) is 38.1 Å². The summed E-state index contributed by atoms with van der Waals surface area (Å²) in [6.45, 7) is 5.46. The zero-order chi connectivity index (χ0) is 36.0. The van der Waals surface area contributed by atoms with Crippen molar-refractivity contribution in [3.05, 3.63) is 34.8 Å². The van der Waals surface area contributed by atoms with E-state index in [1.165, 1.54) is 17.7 Å². The van der Waals surface area contributed by atoms with Crippen LogP contribution in [-0.2, 0) is 25.0 Å². The zero-order valence-corrected chi connectivity index (χ0v) is 28.5. The number of nitrogens with zero attached hydrogens (tertiary/aromatic N) is 9. The SMILES string of the molecule is Cc1cc2[nH]nc(C#N)c2c(-c2nn(C)c3c4c(N5CCOC[C@@](C)(O)C5)nc(OC[C@@]56CCCN5C/C(=C\F)C6)nc4n(C)c23)c1C(F)(F)F. The summed E-state index contributed by atoms with van der Waals surface area (Å²) in [5.41, 5.74) is -0.978. The lowest BCUT2D eigenvalue weighted by Gasteiger charge is -2.31. The molecule has 3 fully saturated rings. The number of halogens is 4. The fourth-order valence-electron chi connectivity index (χ4n) is 8.39. The van der Waals surface area contributed by atoms with Gasteiger partial charge in [-0.1, -0.05) is 0 Å². The lowest BCUT2D eigenvalue weighted by Crippen LogP contribution is -2.44. The number of fused-ring (bicyclic) bond motifs is 5. The molecule has 0 bridgehead atoms. The van der Waals surface area contributed by atoms with Gasteiger partial charge in [0.2, 0.25) is 0 Å². The number of β-amino-alcohol motifs (C(OH)–C–C–N with tert-alkyl or cyclic N) is 1. The first-order valence-corrected chi connectivity index (χ1v) is 16.7. The Bertz CT molecular complexity index is 2300. The fourth-order valence-corrected chi connectivity index (χ4v) is 8.39. The Hall–Kier alpha value is -4.79. The van der Waals surface area contributed by atoms with Crippen LogP contribution in [0, 0.1) is 18.3 Å². The first-order chi connectivity index (χ1) is 24.2. The maximum atomic E-state index is 14.9. The average molecular weight is 709 g/mol. The summed E-state index contributed by atoms with van der Waals surface area (Å²) in [7, 11) is 3.32. The van der Waals surface area contributed by atoms with Gasteiger partial charge in [0.05, 0.1) is 59.1 Å². The number of ether oxygens (including phenoxy) is 2. The van der Waals surface area contributed by atoms with Gasteiger partial charge < -0.3 is 24.0 Å². The number of alkyl halides is 3. The van der Waals surface area contributed by atoms with Gasteiger partial charge in [-0.3, -0.25) is 14.7 Å². The van der Waals surface area contributed by atoms with E-state index in [4.69, 9.17) is 19.4 Å². The lowest BCUT2D eigenvalue weighted by molar-refractivity contribution is -0.137. The second kappa shape index (κ2) is 11.6. The number of nitrogens with one attached hydrogen (secondary N) is 1. The van der Waals surface area contributed by atoms with Crippen LogP contribution in [0.1, 0.15) is 43.0 Å². The lowest BCUT2D eigenvalue weighted by atomic mass is 9.93. The Kier molecular flexibility index (Phi) is 7.60. The molecule has 3 saturated heterocycles. The number of anilines is 1. The van der Waals surface area contributed by atoms with Crippen molar-refractivity contribution in [2.75, 3.05) is 50.9 Å². The van der Waals surface area contributed by atoms with Gasteiger partial charge in [0.1, 0.15) is 29.8 Å². The Morgan fingerprint density at radius 3 is 2.75 bits per heavy atom. The maximum absolute atomic E-state index is 14.9. The highest BCUT2D eigenvalue weighted by Crippen LogP contribution is 2.48. The minimum atomic E-state index is -4.79. The van der Waals surface area contributed by atoms with Gasteiger partial charge in [-0.15, -0.1) is 0 Å². The van der Waals surface area contributed by atoms with Crippen molar-refractivity contribution in [2.24, 2.45) is 14.1 Å².